The van der Waals surface area contributed by atoms with Gasteiger partial charge in [0.05, 0.1) is 6.33 Å². The van der Waals surface area contributed by atoms with Crippen molar-refractivity contribution >= 4 is 5.91 Å². The van der Waals surface area contributed by atoms with E-state index >= 15 is 0 Å². The van der Waals surface area contributed by atoms with Crippen LogP contribution in [0, 0.1) is 11.7 Å². The first-order valence-electron chi connectivity index (χ1n) is 9.19. The number of halogens is 1. The van der Waals surface area contributed by atoms with Crippen molar-refractivity contribution in [1.82, 2.24) is 25.3 Å². The van der Waals surface area contributed by atoms with E-state index in [1.807, 2.05) is 27.8 Å². The molecule has 0 aliphatic carbocycles. The van der Waals surface area contributed by atoms with E-state index in [9.17, 15) is 9.18 Å². The van der Waals surface area contributed by atoms with Gasteiger partial charge in [-0.2, -0.15) is 0 Å². The Bertz CT molecular complexity index is 733. The maximum Gasteiger partial charge on any atom is 0.242 e. The van der Waals surface area contributed by atoms with Gasteiger partial charge >= 0.3 is 0 Å². The molecule has 2 aliphatic rings. The van der Waals surface area contributed by atoms with Gasteiger partial charge < -0.3 is 9.47 Å². The molecule has 0 radical (unpaired) electrons. The molecular weight excluding hydrogens is 333 g/mol. The fourth-order valence-electron chi connectivity index (χ4n) is 4.01. The van der Waals surface area contributed by atoms with Gasteiger partial charge in [0.2, 0.25) is 5.91 Å². The molecule has 26 heavy (non-hydrogen) atoms. The van der Waals surface area contributed by atoms with Crippen molar-refractivity contribution in [2.24, 2.45) is 5.92 Å². The lowest BCUT2D eigenvalue weighted by atomic mass is 9.87. The SMILES string of the molecule is O=C(Cn1ccnc1)N1CCCC(C2CC(c3ccc(F)cc3)NN2)C1. The Morgan fingerprint density at radius 2 is 2.12 bits per heavy atom. The summed E-state index contributed by atoms with van der Waals surface area (Å²) < 4.78 is 14.9. The van der Waals surface area contributed by atoms with Crippen LogP contribution in [0.2, 0.25) is 0 Å². The second kappa shape index (κ2) is 7.55. The number of imidazole rings is 1. The minimum absolute atomic E-state index is 0.147. The Labute approximate surface area is 152 Å². The summed E-state index contributed by atoms with van der Waals surface area (Å²) in [6.45, 7) is 1.95. The number of nitrogens with one attached hydrogen (secondary N) is 2. The first kappa shape index (κ1) is 17.2. The number of aromatic nitrogens is 2. The number of benzene rings is 1. The van der Waals surface area contributed by atoms with Gasteiger partial charge in [0.25, 0.3) is 0 Å². The molecule has 2 aromatic rings. The van der Waals surface area contributed by atoms with Crippen molar-refractivity contribution in [2.45, 2.75) is 37.9 Å². The van der Waals surface area contributed by atoms with Crippen LogP contribution >= 0.6 is 0 Å². The molecule has 1 amide bonds. The summed E-state index contributed by atoms with van der Waals surface area (Å²) in [5, 5.41) is 0. The largest absolute Gasteiger partial charge is 0.341 e. The number of carbonyl (C=O) groups excluding carboxylic acids is 1. The van der Waals surface area contributed by atoms with E-state index in [-0.39, 0.29) is 17.8 Å². The Kier molecular flexibility index (Phi) is 4.99. The summed E-state index contributed by atoms with van der Waals surface area (Å²) in [6.07, 6.45) is 8.27. The van der Waals surface area contributed by atoms with Crippen molar-refractivity contribution in [2.75, 3.05) is 13.1 Å². The molecule has 1 aromatic heterocycles. The highest BCUT2D eigenvalue weighted by molar-refractivity contribution is 5.76. The van der Waals surface area contributed by atoms with Crippen LogP contribution in [0.15, 0.2) is 43.0 Å². The topological polar surface area (TPSA) is 62.2 Å². The van der Waals surface area contributed by atoms with Crippen molar-refractivity contribution < 1.29 is 9.18 Å². The van der Waals surface area contributed by atoms with E-state index in [0.29, 0.717) is 18.5 Å². The third kappa shape index (κ3) is 3.78. The lowest BCUT2D eigenvalue weighted by Gasteiger charge is -2.35. The summed E-state index contributed by atoms with van der Waals surface area (Å²) in [6, 6.07) is 7.16. The summed E-state index contributed by atoms with van der Waals surface area (Å²) in [5.41, 5.74) is 7.82. The monoisotopic (exact) mass is 357 g/mol. The number of nitrogens with zero attached hydrogens (tertiary/aromatic N) is 3. The second-order valence-corrected chi connectivity index (χ2v) is 7.21. The van der Waals surface area contributed by atoms with E-state index in [0.717, 1.165) is 37.9 Å². The van der Waals surface area contributed by atoms with Crippen LogP contribution in [0.25, 0.3) is 0 Å². The first-order chi connectivity index (χ1) is 12.7. The number of piperidine rings is 1. The van der Waals surface area contributed by atoms with Crippen molar-refractivity contribution in [1.29, 1.82) is 0 Å². The minimum Gasteiger partial charge on any atom is -0.341 e. The van der Waals surface area contributed by atoms with Crippen LogP contribution in [0.4, 0.5) is 4.39 Å². The molecule has 0 bridgehead atoms. The van der Waals surface area contributed by atoms with Crippen molar-refractivity contribution in [3.63, 3.8) is 0 Å². The summed E-state index contributed by atoms with van der Waals surface area (Å²) in [5.74, 6) is 0.359. The number of amides is 1. The lowest BCUT2D eigenvalue weighted by Crippen LogP contribution is -2.47. The highest BCUT2D eigenvalue weighted by atomic mass is 19.1. The van der Waals surface area contributed by atoms with Gasteiger partial charge in [-0.25, -0.2) is 9.37 Å². The summed E-state index contributed by atoms with van der Waals surface area (Å²) in [7, 11) is 0. The molecule has 3 atom stereocenters. The standard InChI is InChI=1S/C19H24FN5O/c20-16-5-3-14(4-6-16)17-10-18(23-22-17)15-2-1-8-25(11-15)19(26)12-24-9-7-21-13-24/h3-7,9,13,15,17-18,22-23H,1-2,8,10-12H2. The molecule has 4 rings (SSSR count). The normalized spacial score (nSPS) is 26.2. The third-order valence-corrected chi connectivity index (χ3v) is 5.46. The highest BCUT2D eigenvalue weighted by Crippen LogP contribution is 2.30. The smallest absolute Gasteiger partial charge is 0.242 e. The van der Waals surface area contributed by atoms with Gasteiger partial charge in [-0.05, 0) is 42.9 Å². The Morgan fingerprint density at radius 3 is 2.88 bits per heavy atom. The van der Waals surface area contributed by atoms with Crippen LogP contribution in [0.5, 0.6) is 0 Å². The zero-order valence-electron chi connectivity index (χ0n) is 14.6. The van der Waals surface area contributed by atoms with Crippen molar-refractivity contribution in [3.8, 4) is 0 Å². The molecular formula is C19H24FN5O. The number of likely N-dealkylation sites (tertiary alicyclic amines) is 1. The minimum atomic E-state index is -0.212. The van der Waals surface area contributed by atoms with Gasteiger partial charge in [0.1, 0.15) is 12.4 Å². The molecule has 138 valence electrons. The number of carbonyl (C=O) groups is 1. The highest BCUT2D eigenvalue weighted by Gasteiger charge is 2.34. The molecule has 2 aliphatic heterocycles. The second-order valence-electron chi connectivity index (χ2n) is 7.21. The van der Waals surface area contributed by atoms with E-state index in [2.05, 4.69) is 15.8 Å². The van der Waals surface area contributed by atoms with Gasteiger partial charge in [-0.1, -0.05) is 12.1 Å². The first-order valence-corrected chi connectivity index (χ1v) is 9.19. The molecule has 3 heterocycles. The van der Waals surface area contributed by atoms with Crippen LogP contribution in [0.1, 0.15) is 30.9 Å². The molecule has 2 saturated heterocycles. The predicted molar refractivity (Wildman–Crippen MR) is 95.3 cm³/mol. The third-order valence-electron chi connectivity index (χ3n) is 5.46. The zero-order valence-corrected chi connectivity index (χ0v) is 14.6. The van der Waals surface area contributed by atoms with E-state index in [1.54, 1.807) is 12.5 Å². The maximum absolute atomic E-state index is 13.1. The lowest BCUT2D eigenvalue weighted by molar-refractivity contribution is -0.133. The average molecular weight is 357 g/mol. The molecule has 6 nitrogen and oxygen atoms in total. The molecule has 2 N–H and O–H groups in total. The van der Waals surface area contributed by atoms with E-state index in [1.165, 1.54) is 12.1 Å². The fourth-order valence-corrected chi connectivity index (χ4v) is 4.01. The maximum atomic E-state index is 13.1. The Morgan fingerprint density at radius 1 is 1.27 bits per heavy atom. The van der Waals surface area contributed by atoms with Crippen LogP contribution in [-0.2, 0) is 11.3 Å². The van der Waals surface area contributed by atoms with Gasteiger partial charge in [-0.15, -0.1) is 0 Å². The predicted octanol–water partition coefficient (Wildman–Crippen LogP) is 1.87. The van der Waals surface area contributed by atoms with Crippen LogP contribution in [-0.4, -0.2) is 39.5 Å². The average Bonchev–Trinajstić information content (AvgIpc) is 3.34. The number of hydrazine groups is 1. The zero-order chi connectivity index (χ0) is 17.9. The van der Waals surface area contributed by atoms with Gasteiger partial charge in [0, 0.05) is 37.6 Å². The van der Waals surface area contributed by atoms with Gasteiger partial charge in [0.15, 0.2) is 0 Å². The molecule has 2 fully saturated rings. The quantitative estimate of drug-likeness (QED) is 0.877. The molecule has 3 unspecified atom stereocenters. The number of hydrogen-bond acceptors (Lipinski definition) is 4. The molecule has 0 saturated carbocycles. The Hall–Kier alpha value is -2.25. The Balaban J connectivity index is 1.34. The van der Waals surface area contributed by atoms with Crippen LogP contribution in [0.3, 0.4) is 0 Å². The van der Waals surface area contributed by atoms with Gasteiger partial charge in [-0.3, -0.25) is 15.6 Å². The fraction of sp³-hybridized carbons (Fsp3) is 0.474. The molecule has 0 spiro atoms. The molecule has 7 heteroatoms. The number of rotatable bonds is 4. The van der Waals surface area contributed by atoms with E-state index in [4.69, 9.17) is 0 Å². The van der Waals surface area contributed by atoms with E-state index < -0.39 is 0 Å². The number of hydrogen-bond donors (Lipinski definition) is 2. The summed E-state index contributed by atoms with van der Waals surface area (Å²) >= 11 is 0. The van der Waals surface area contributed by atoms with Crippen molar-refractivity contribution in [3.05, 3.63) is 54.4 Å². The van der Waals surface area contributed by atoms with Crippen LogP contribution < -0.4 is 10.9 Å². The summed E-state index contributed by atoms with van der Waals surface area (Å²) in [4.78, 5) is 18.5. The molecule has 1 aromatic carbocycles.